The van der Waals surface area contributed by atoms with Crippen LogP contribution in [0, 0.1) is 6.92 Å². The third-order valence-corrected chi connectivity index (χ3v) is 4.33. The van der Waals surface area contributed by atoms with Crippen molar-refractivity contribution in [3.05, 3.63) is 77.1 Å². The summed E-state index contributed by atoms with van der Waals surface area (Å²) >= 11 is 6.05. The quantitative estimate of drug-likeness (QED) is 0.512. The first-order chi connectivity index (χ1) is 12.6. The molecular weight excluding hydrogens is 348 g/mol. The van der Waals surface area contributed by atoms with Gasteiger partial charge >= 0.3 is 0 Å². The number of hydrogen-bond donors (Lipinski definition) is 2. The number of carbonyl (C=O) groups excluding carboxylic acids is 1. The summed E-state index contributed by atoms with van der Waals surface area (Å²) in [5.41, 5.74) is 4.63. The standard InChI is InChI=1S/C20H15ClN4O/c1-12-6-11-15(18(21)22-12)20(26)23-14-9-7-13(8-10-14)19-24-16-4-2-3-5-17(16)25-19/h2-11H,1H3,(H,23,26)(H,24,25). The number of rotatable bonds is 3. The number of pyridine rings is 1. The van der Waals surface area contributed by atoms with Crippen LogP contribution in [0.2, 0.25) is 5.15 Å². The molecule has 0 spiro atoms. The van der Waals surface area contributed by atoms with Gasteiger partial charge in [-0.15, -0.1) is 0 Å². The molecule has 0 bridgehead atoms. The molecule has 0 atom stereocenters. The zero-order chi connectivity index (χ0) is 18.1. The molecule has 0 aliphatic heterocycles. The number of aromatic nitrogens is 3. The first kappa shape index (κ1) is 16.3. The van der Waals surface area contributed by atoms with Crippen LogP contribution >= 0.6 is 11.6 Å². The predicted molar refractivity (Wildman–Crippen MR) is 103 cm³/mol. The van der Waals surface area contributed by atoms with Crippen LogP contribution in [0.5, 0.6) is 0 Å². The summed E-state index contributed by atoms with van der Waals surface area (Å²) < 4.78 is 0. The topological polar surface area (TPSA) is 70.7 Å². The molecule has 0 aliphatic rings. The maximum atomic E-state index is 12.4. The molecule has 5 nitrogen and oxygen atoms in total. The number of nitrogens with one attached hydrogen (secondary N) is 2. The molecule has 2 aromatic heterocycles. The molecule has 2 aromatic carbocycles. The number of H-pyrrole nitrogens is 1. The monoisotopic (exact) mass is 362 g/mol. The van der Waals surface area contributed by atoms with Crippen molar-refractivity contribution in [2.75, 3.05) is 5.32 Å². The highest BCUT2D eigenvalue weighted by molar-refractivity contribution is 6.33. The average Bonchev–Trinajstić information content (AvgIpc) is 3.06. The molecule has 0 saturated heterocycles. The number of imidazole rings is 1. The Bertz CT molecular complexity index is 1070. The molecule has 2 heterocycles. The molecule has 26 heavy (non-hydrogen) atoms. The maximum Gasteiger partial charge on any atom is 0.258 e. The van der Waals surface area contributed by atoms with E-state index in [2.05, 4.69) is 20.3 Å². The summed E-state index contributed by atoms with van der Waals surface area (Å²) in [4.78, 5) is 24.3. The number of amides is 1. The normalized spacial score (nSPS) is 10.8. The Morgan fingerprint density at radius 3 is 2.50 bits per heavy atom. The lowest BCUT2D eigenvalue weighted by Crippen LogP contribution is -2.13. The van der Waals surface area contributed by atoms with Crippen LogP contribution in [0.3, 0.4) is 0 Å². The first-order valence-corrected chi connectivity index (χ1v) is 8.47. The Kier molecular flexibility index (Phi) is 4.14. The van der Waals surface area contributed by atoms with Crippen LogP contribution in [0.4, 0.5) is 5.69 Å². The Labute approximate surface area is 155 Å². The van der Waals surface area contributed by atoms with E-state index in [1.54, 1.807) is 12.1 Å². The van der Waals surface area contributed by atoms with Gasteiger partial charge in [-0.2, -0.15) is 0 Å². The lowest BCUT2D eigenvalue weighted by Gasteiger charge is -2.07. The summed E-state index contributed by atoms with van der Waals surface area (Å²) in [5, 5.41) is 3.03. The fourth-order valence-corrected chi connectivity index (χ4v) is 2.98. The number of aryl methyl sites for hydroxylation is 1. The highest BCUT2D eigenvalue weighted by Crippen LogP contribution is 2.23. The van der Waals surface area contributed by atoms with E-state index in [0.29, 0.717) is 11.3 Å². The molecule has 4 aromatic rings. The number of anilines is 1. The van der Waals surface area contributed by atoms with E-state index in [1.165, 1.54) is 0 Å². The summed E-state index contributed by atoms with van der Waals surface area (Å²) in [5.74, 6) is 0.494. The Morgan fingerprint density at radius 2 is 1.77 bits per heavy atom. The smallest absolute Gasteiger partial charge is 0.258 e. The number of aromatic amines is 1. The third-order valence-electron chi connectivity index (χ3n) is 4.04. The Hall–Kier alpha value is -3.18. The van der Waals surface area contributed by atoms with E-state index < -0.39 is 0 Å². The van der Waals surface area contributed by atoms with Gasteiger partial charge < -0.3 is 10.3 Å². The van der Waals surface area contributed by atoms with Crippen molar-refractivity contribution in [3.63, 3.8) is 0 Å². The molecule has 0 aliphatic carbocycles. The molecule has 6 heteroatoms. The molecular formula is C20H15ClN4O. The number of carbonyl (C=O) groups is 1. The summed E-state index contributed by atoms with van der Waals surface area (Å²) in [6.45, 7) is 1.82. The molecule has 0 fully saturated rings. The van der Waals surface area contributed by atoms with Gasteiger partial charge in [0.2, 0.25) is 0 Å². The van der Waals surface area contributed by atoms with Crippen LogP contribution in [0.1, 0.15) is 16.1 Å². The second-order valence-electron chi connectivity index (χ2n) is 5.93. The second kappa shape index (κ2) is 6.61. The van der Waals surface area contributed by atoms with Crippen molar-refractivity contribution in [2.24, 2.45) is 0 Å². The minimum absolute atomic E-state index is 0.196. The van der Waals surface area contributed by atoms with Crippen molar-refractivity contribution >= 4 is 34.2 Å². The van der Waals surface area contributed by atoms with Gasteiger partial charge in [0.05, 0.1) is 16.6 Å². The van der Waals surface area contributed by atoms with E-state index in [0.717, 1.165) is 28.1 Å². The van der Waals surface area contributed by atoms with E-state index in [1.807, 2.05) is 55.5 Å². The van der Waals surface area contributed by atoms with Crippen LogP contribution in [-0.4, -0.2) is 20.9 Å². The van der Waals surface area contributed by atoms with E-state index in [4.69, 9.17) is 11.6 Å². The number of halogens is 1. The molecule has 128 valence electrons. The SMILES string of the molecule is Cc1ccc(C(=O)Nc2ccc(-c3nc4ccccc4[nH]3)cc2)c(Cl)n1. The maximum absolute atomic E-state index is 12.4. The molecule has 4 rings (SSSR count). The Balaban J connectivity index is 1.55. The lowest BCUT2D eigenvalue weighted by molar-refractivity contribution is 0.102. The molecule has 2 N–H and O–H groups in total. The van der Waals surface area contributed by atoms with Gasteiger partial charge in [-0.25, -0.2) is 9.97 Å². The fourth-order valence-electron chi connectivity index (χ4n) is 2.69. The van der Waals surface area contributed by atoms with Gasteiger partial charge in [0.15, 0.2) is 0 Å². The van der Waals surface area contributed by atoms with Crippen molar-refractivity contribution in [1.29, 1.82) is 0 Å². The highest BCUT2D eigenvalue weighted by Gasteiger charge is 2.12. The van der Waals surface area contributed by atoms with Gasteiger partial charge in [-0.1, -0.05) is 23.7 Å². The number of nitrogens with zero attached hydrogens (tertiary/aromatic N) is 2. The van der Waals surface area contributed by atoms with Gasteiger partial charge in [0.1, 0.15) is 11.0 Å². The largest absolute Gasteiger partial charge is 0.338 e. The second-order valence-corrected chi connectivity index (χ2v) is 6.28. The van der Waals surface area contributed by atoms with Crippen LogP contribution in [0.25, 0.3) is 22.4 Å². The third kappa shape index (κ3) is 3.17. The van der Waals surface area contributed by atoms with E-state index in [-0.39, 0.29) is 11.1 Å². The number of hydrogen-bond acceptors (Lipinski definition) is 3. The van der Waals surface area contributed by atoms with Gasteiger partial charge in [0, 0.05) is 16.9 Å². The van der Waals surface area contributed by atoms with Crippen molar-refractivity contribution in [3.8, 4) is 11.4 Å². The number of para-hydroxylation sites is 2. The molecule has 1 amide bonds. The highest BCUT2D eigenvalue weighted by atomic mass is 35.5. The van der Waals surface area contributed by atoms with Crippen LogP contribution < -0.4 is 5.32 Å². The van der Waals surface area contributed by atoms with Crippen molar-refractivity contribution < 1.29 is 4.79 Å². The molecule has 0 saturated carbocycles. The van der Waals surface area contributed by atoms with Crippen molar-refractivity contribution in [1.82, 2.24) is 15.0 Å². The van der Waals surface area contributed by atoms with Gasteiger partial charge in [-0.05, 0) is 55.5 Å². The lowest BCUT2D eigenvalue weighted by atomic mass is 10.2. The summed E-state index contributed by atoms with van der Waals surface area (Å²) in [6, 6.07) is 18.8. The summed E-state index contributed by atoms with van der Waals surface area (Å²) in [7, 11) is 0. The predicted octanol–water partition coefficient (Wildman–Crippen LogP) is 4.84. The zero-order valence-electron chi connectivity index (χ0n) is 14.0. The fraction of sp³-hybridized carbons (Fsp3) is 0.0500. The number of benzene rings is 2. The minimum atomic E-state index is -0.293. The first-order valence-electron chi connectivity index (χ1n) is 8.10. The van der Waals surface area contributed by atoms with Crippen LogP contribution in [-0.2, 0) is 0 Å². The van der Waals surface area contributed by atoms with Crippen molar-refractivity contribution in [2.45, 2.75) is 6.92 Å². The van der Waals surface area contributed by atoms with Gasteiger partial charge in [-0.3, -0.25) is 4.79 Å². The molecule has 0 radical (unpaired) electrons. The van der Waals surface area contributed by atoms with Crippen LogP contribution in [0.15, 0.2) is 60.7 Å². The van der Waals surface area contributed by atoms with E-state index >= 15 is 0 Å². The average molecular weight is 363 g/mol. The van der Waals surface area contributed by atoms with Gasteiger partial charge in [0.25, 0.3) is 5.91 Å². The number of fused-ring (bicyclic) bond motifs is 1. The Morgan fingerprint density at radius 1 is 1.00 bits per heavy atom. The summed E-state index contributed by atoms with van der Waals surface area (Å²) in [6.07, 6.45) is 0. The molecule has 0 unspecified atom stereocenters. The zero-order valence-corrected chi connectivity index (χ0v) is 14.7. The minimum Gasteiger partial charge on any atom is -0.338 e. The van der Waals surface area contributed by atoms with E-state index in [9.17, 15) is 4.79 Å².